The summed E-state index contributed by atoms with van der Waals surface area (Å²) in [6.07, 6.45) is 0.477. The minimum absolute atomic E-state index is 0.364. The van der Waals surface area contributed by atoms with Gasteiger partial charge >= 0.3 is 0 Å². The summed E-state index contributed by atoms with van der Waals surface area (Å²) in [5.41, 5.74) is 0.674. The zero-order valence-electron chi connectivity index (χ0n) is 11.1. The van der Waals surface area contributed by atoms with E-state index < -0.39 is 6.10 Å². The molecular weight excluding hydrogens is 269 g/mol. The second kappa shape index (κ2) is 7.34. The smallest absolute Gasteiger partial charge is 0.0929 e. The Labute approximate surface area is 119 Å². The third kappa shape index (κ3) is 4.43. The molecule has 18 heavy (non-hydrogen) atoms. The zero-order chi connectivity index (χ0) is 13.7. The molecule has 2 N–H and O–H groups in total. The summed E-state index contributed by atoms with van der Waals surface area (Å²) in [5, 5.41) is 14.6. The summed E-state index contributed by atoms with van der Waals surface area (Å²) in [4.78, 5) is 0. The summed E-state index contributed by atoms with van der Waals surface area (Å²) >= 11 is 12.0. The highest BCUT2D eigenvalue weighted by Gasteiger charge is 2.15. The van der Waals surface area contributed by atoms with Crippen LogP contribution in [0.2, 0.25) is 10.0 Å². The van der Waals surface area contributed by atoms with E-state index in [2.05, 4.69) is 26.1 Å². The Hall–Kier alpha value is -0.280. The van der Waals surface area contributed by atoms with Gasteiger partial charge in [0.15, 0.2) is 0 Å². The Balaban J connectivity index is 2.60. The average Bonchev–Trinajstić information content (AvgIpc) is 2.37. The van der Waals surface area contributed by atoms with Crippen molar-refractivity contribution in [3.63, 3.8) is 0 Å². The van der Waals surface area contributed by atoms with Gasteiger partial charge in [-0.3, -0.25) is 0 Å². The molecule has 0 radical (unpaired) electrons. The lowest BCUT2D eigenvalue weighted by atomic mass is 10.0. The molecule has 0 amide bonds. The van der Waals surface area contributed by atoms with E-state index in [-0.39, 0.29) is 0 Å². The van der Waals surface area contributed by atoms with Crippen LogP contribution >= 0.6 is 23.2 Å². The largest absolute Gasteiger partial charge is 0.387 e. The first-order chi connectivity index (χ1) is 8.45. The minimum atomic E-state index is -0.636. The molecule has 102 valence electrons. The normalized spacial score (nSPS) is 16.3. The van der Waals surface area contributed by atoms with Crippen molar-refractivity contribution >= 4 is 23.2 Å². The van der Waals surface area contributed by atoms with Gasteiger partial charge in [-0.15, -0.1) is 0 Å². The molecule has 0 saturated carbocycles. The highest BCUT2D eigenvalue weighted by molar-refractivity contribution is 6.33. The summed E-state index contributed by atoms with van der Waals surface area (Å²) in [6.45, 7) is 6.95. The van der Waals surface area contributed by atoms with Gasteiger partial charge in [0.25, 0.3) is 0 Å². The van der Waals surface area contributed by atoms with E-state index in [1.54, 1.807) is 18.2 Å². The van der Waals surface area contributed by atoms with Crippen LogP contribution in [-0.2, 0) is 0 Å². The SMILES string of the molecule is CCC(C)C(C)NCC(O)c1cc(Cl)ccc1Cl. The molecular formula is C14H21Cl2NO. The number of benzene rings is 1. The van der Waals surface area contributed by atoms with Crippen molar-refractivity contribution in [2.75, 3.05) is 6.54 Å². The highest BCUT2D eigenvalue weighted by Crippen LogP contribution is 2.26. The average molecular weight is 290 g/mol. The first kappa shape index (κ1) is 15.8. The maximum absolute atomic E-state index is 10.1. The molecule has 3 unspecified atom stereocenters. The molecule has 4 heteroatoms. The third-order valence-electron chi connectivity index (χ3n) is 3.45. The maximum atomic E-state index is 10.1. The first-order valence-electron chi connectivity index (χ1n) is 6.32. The van der Waals surface area contributed by atoms with Crippen molar-refractivity contribution < 1.29 is 5.11 Å². The molecule has 0 aliphatic rings. The monoisotopic (exact) mass is 289 g/mol. The number of hydrogen-bond acceptors (Lipinski definition) is 2. The van der Waals surface area contributed by atoms with Crippen LogP contribution in [0.25, 0.3) is 0 Å². The first-order valence-corrected chi connectivity index (χ1v) is 7.07. The summed E-state index contributed by atoms with van der Waals surface area (Å²) in [6, 6.07) is 5.50. The molecule has 0 aliphatic carbocycles. The van der Waals surface area contributed by atoms with Crippen molar-refractivity contribution in [1.29, 1.82) is 0 Å². The molecule has 2 nitrogen and oxygen atoms in total. The van der Waals surface area contributed by atoms with E-state index in [0.29, 0.717) is 34.1 Å². The quantitative estimate of drug-likeness (QED) is 0.828. The van der Waals surface area contributed by atoms with E-state index >= 15 is 0 Å². The molecule has 3 atom stereocenters. The van der Waals surface area contributed by atoms with Crippen molar-refractivity contribution in [2.24, 2.45) is 5.92 Å². The van der Waals surface area contributed by atoms with E-state index in [0.717, 1.165) is 6.42 Å². The van der Waals surface area contributed by atoms with Gasteiger partial charge in [-0.1, -0.05) is 43.5 Å². The van der Waals surface area contributed by atoms with Gasteiger partial charge in [0.2, 0.25) is 0 Å². The summed E-state index contributed by atoms with van der Waals surface area (Å²) in [5.74, 6) is 0.576. The topological polar surface area (TPSA) is 32.3 Å². The van der Waals surface area contributed by atoms with Crippen molar-refractivity contribution in [1.82, 2.24) is 5.32 Å². The van der Waals surface area contributed by atoms with Gasteiger partial charge < -0.3 is 10.4 Å². The second-order valence-electron chi connectivity index (χ2n) is 4.76. The molecule has 0 aliphatic heterocycles. The van der Waals surface area contributed by atoms with Crippen molar-refractivity contribution in [2.45, 2.75) is 39.3 Å². The molecule has 0 aromatic heterocycles. The van der Waals surface area contributed by atoms with Crippen LogP contribution in [-0.4, -0.2) is 17.7 Å². The standard InChI is InChI=1S/C14H21Cl2NO/c1-4-9(2)10(3)17-8-14(18)12-7-11(15)5-6-13(12)16/h5-7,9-10,14,17-18H,4,8H2,1-3H3. The van der Waals surface area contributed by atoms with Crippen LogP contribution in [0.1, 0.15) is 38.9 Å². The lowest BCUT2D eigenvalue weighted by molar-refractivity contribution is 0.166. The molecule has 0 saturated heterocycles. The fourth-order valence-electron chi connectivity index (χ4n) is 1.73. The van der Waals surface area contributed by atoms with E-state index in [9.17, 15) is 5.11 Å². The number of nitrogens with one attached hydrogen (secondary N) is 1. The zero-order valence-corrected chi connectivity index (χ0v) is 12.6. The second-order valence-corrected chi connectivity index (χ2v) is 5.61. The van der Waals surface area contributed by atoms with Gasteiger partial charge in [0.1, 0.15) is 0 Å². The van der Waals surface area contributed by atoms with Crippen LogP contribution in [0.3, 0.4) is 0 Å². The van der Waals surface area contributed by atoms with Crippen LogP contribution in [0, 0.1) is 5.92 Å². The van der Waals surface area contributed by atoms with Crippen LogP contribution in [0.4, 0.5) is 0 Å². The Bertz CT molecular complexity index is 384. The molecule has 1 aromatic carbocycles. The number of aliphatic hydroxyl groups excluding tert-OH is 1. The van der Waals surface area contributed by atoms with E-state index in [4.69, 9.17) is 23.2 Å². The number of aliphatic hydroxyl groups is 1. The maximum Gasteiger partial charge on any atom is 0.0929 e. The van der Waals surface area contributed by atoms with Crippen molar-refractivity contribution in [3.8, 4) is 0 Å². The van der Waals surface area contributed by atoms with Gasteiger partial charge in [-0.25, -0.2) is 0 Å². The number of hydrogen-bond donors (Lipinski definition) is 2. The third-order valence-corrected chi connectivity index (χ3v) is 4.03. The van der Waals surface area contributed by atoms with Crippen LogP contribution in [0.5, 0.6) is 0 Å². The highest BCUT2D eigenvalue weighted by atomic mass is 35.5. The molecule has 1 aromatic rings. The van der Waals surface area contributed by atoms with Crippen LogP contribution < -0.4 is 5.32 Å². The van der Waals surface area contributed by atoms with Gasteiger partial charge in [-0.05, 0) is 31.0 Å². The minimum Gasteiger partial charge on any atom is -0.387 e. The Morgan fingerprint density at radius 3 is 2.56 bits per heavy atom. The van der Waals surface area contributed by atoms with Gasteiger partial charge in [0.05, 0.1) is 6.10 Å². The summed E-state index contributed by atoms with van der Waals surface area (Å²) in [7, 11) is 0. The molecule has 0 spiro atoms. The number of halogens is 2. The van der Waals surface area contributed by atoms with Gasteiger partial charge in [-0.2, -0.15) is 0 Å². The molecule has 0 fully saturated rings. The fourth-order valence-corrected chi connectivity index (χ4v) is 2.16. The lowest BCUT2D eigenvalue weighted by Gasteiger charge is -2.22. The Morgan fingerprint density at radius 1 is 1.28 bits per heavy atom. The van der Waals surface area contributed by atoms with E-state index in [1.807, 2.05) is 0 Å². The number of rotatable bonds is 6. The van der Waals surface area contributed by atoms with E-state index in [1.165, 1.54) is 0 Å². The Morgan fingerprint density at radius 2 is 1.94 bits per heavy atom. The van der Waals surface area contributed by atoms with Crippen molar-refractivity contribution in [3.05, 3.63) is 33.8 Å². The Kier molecular flexibility index (Phi) is 6.44. The van der Waals surface area contributed by atoms with Gasteiger partial charge in [0, 0.05) is 28.2 Å². The molecule has 0 heterocycles. The summed E-state index contributed by atoms with van der Waals surface area (Å²) < 4.78 is 0. The van der Waals surface area contributed by atoms with Crippen LogP contribution in [0.15, 0.2) is 18.2 Å². The predicted molar refractivity (Wildman–Crippen MR) is 78.3 cm³/mol. The lowest BCUT2D eigenvalue weighted by Crippen LogP contribution is -2.35. The fraction of sp³-hybridized carbons (Fsp3) is 0.571. The predicted octanol–water partition coefficient (Wildman–Crippen LogP) is 4.05. The molecule has 0 bridgehead atoms. The molecule has 1 rings (SSSR count).